The molecule has 2 heterocycles. The summed E-state index contributed by atoms with van der Waals surface area (Å²) in [6, 6.07) is 6.11. The van der Waals surface area contributed by atoms with Crippen molar-refractivity contribution in [1.29, 1.82) is 0 Å². The van der Waals surface area contributed by atoms with E-state index in [9.17, 15) is 8.42 Å². The number of nitrogens with two attached hydrogens (primary N) is 1. The van der Waals surface area contributed by atoms with Crippen molar-refractivity contribution in [3.8, 4) is 0 Å². The third-order valence-corrected chi connectivity index (χ3v) is 5.94. The first kappa shape index (κ1) is 18.6. The number of hydrogen-bond donors (Lipinski definition) is 4. The minimum atomic E-state index is -3.72. The summed E-state index contributed by atoms with van der Waals surface area (Å²) >= 11 is 0. The molecule has 0 unspecified atom stereocenters. The van der Waals surface area contributed by atoms with Gasteiger partial charge in [0.2, 0.25) is 16.0 Å². The van der Waals surface area contributed by atoms with Gasteiger partial charge in [0, 0.05) is 12.2 Å². The van der Waals surface area contributed by atoms with Crippen molar-refractivity contribution in [2.45, 2.75) is 37.0 Å². The van der Waals surface area contributed by atoms with Crippen LogP contribution in [-0.4, -0.2) is 34.9 Å². The molecule has 0 saturated heterocycles. The molecule has 1 fully saturated rings. The van der Waals surface area contributed by atoms with Gasteiger partial charge in [-0.15, -0.1) is 0 Å². The Hall–Kier alpha value is -2.72. The predicted octanol–water partition coefficient (Wildman–Crippen LogP) is 2.74. The summed E-state index contributed by atoms with van der Waals surface area (Å²) in [5.74, 6) is 1.75. The number of imidazole rings is 1. The maximum absolute atomic E-state index is 11.4. The van der Waals surface area contributed by atoms with Crippen LogP contribution in [0, 0.1) is 5.92 Å². The molecule has 0 spiro atoms. The first-order valence-corrected chi connectivity index (χ1v) is 10.9. The van der Waals surface area contributed by atoms with Gasteiger partial charge in [0.1, 0.15) is 5.52 Å². The van der Waals surface area contributed by atoms with Crippen LogP contribution in [0.5, 0.6) is 0 Å². The van der Waals surface area contributed by atoms with Crippen LogP contribution in [0.1, 0.15) is 32.1 Å². The Morgan fingerprint density at radius 2 is 1.86 bits per heavy atom. The van der Waals surface area contributed by atoms with Gasteiger partial charge >= 0.3 is 0 Å². The highest BCUT2D eigenvalue weighted by atomic mass is 32.2. The number of H-pyrrole nitrogens is 1. The summed E-state index contributed by atoms with van der Waals surface area (Å²) in [5, 5.41) is 11.7. The smallest absolute Gasteiger partial charge is 0.238 e. The van der Waals surface area contributed by atoms with E-state index in [1.54, 1.807) is 18.5 Å². The average Bonchev–Trinajstić information content (AvgIpc) is 3.15. The lowest BCUT2D eigenvalue weighted by Crippen LogP contribution is -2.18. The lowest BCUT2D eigenvalue weighted by atomic mass is 9.89. The third-order valence-electron chi connectivity index (χ3n) is 5.01. The van der Waals surface area contributed by atoms with Crippen molar-refractivity contribution < 1.29 is 8.42 Å². The Kier molecular flexibility index (Phi) is 5.14. The number of benzene rings is 1. The summed E-state index contributed by atoms with van der Waals surface area (Å²) in [4.78, 5) is 16.4. The molecule has 3 aromatic rings. The minimum absolute atomic E-state index is 0.0524. The van der Waals surface area contributed by atoms with E-state index >= 15 is 0 Å². The molecule has 0 amide bonds. The number of hydrogen-bond acceptors (Lipinski definition) is 7. The Balaban J connectivity index is 1.54. The Labute approximate surface area is 163 Å². The quantitative estimate of drug-likeness (QED) is 0.498. The second-order valence-corrected chi connectivity index (χ2v) is 8.64. The maximum atomic E-state index is 11.4. The van der Waals surface area contributed by atoms with Gasteiger partial charge in [-0.3, -0.25) is 0 Å². The maximum Gasteiger partial charge on any atom is 0.238 e. The normalized spacial score (nSPS) is 15.6. The third kappa shape index (κ3) is 4.23. The molecule has 1 aliphatic carbocycles. The molecule has 0 aliphatic heterocycles. The predicted molar refractivity (Wildman–Crippen MR) is 108 cm³/mol. The van der Waals surface area contributed by atoms with Crippen molar-refractivity contribution in [3.05, 3.63) is 30.6 Å². The molecule has 1 aliphatic rings. The molecule has 5 N–H and O–H groups in total. The summed E-state index contributed by atoms with van der Waals surface area (Å²) in [6.07, 6.45) is 7.98. The number of nitrogens with zero attached hydrogens (tertiary/aromatic N) is 3. The summed E-state index contributed by atoms with van der Waals surface area (Å²) in [7, 11) is -3.72. The monoisotopic (exact) mass is 401 g/mol. The van der Waals surface area contributed by atoms with Crippen LogP contribution in [0.25, 0.3) is 11.2 Å². The fourth-order valence-electron chi connectivity index (χ4n) is 3.51. The molecule has 0 atom stereocenters. The van der Waals surface area contributed by atoms with E-state index in [0.717, 1.165) is 12.1 Å². The first-order valence-electron chi connectivity index (χ1n) is 9.34. The van der Waals surface area contributed by atoms with Gasteiger partial charge in [-0.25, -0.2) is 18.5 Å². The zero-order chi connectivity index (χ0) is 19.6. The number of fused-ring (bicyclic) bond motifs is 1. The number of rotatable bonds is 6. The van der Waals surface area contributed by atoms with Crippen LogP contribution >= 0.6 is 0 Å². The second-order valence-electron chi connectivity index (χ2n) is 7.08. The van der Waals surface area contributed by atoms with Crippen molar-refractivity contribution in [2.75, 3.05) is 17.2 Å². The van der Waals surface area contributed by atoms with Crippen molar-refractivity contribution in [1.82, 2.24) is 19.9 Å². The molecule has 28 heavy (non-hydrogen) atoms. The van der Waals surface area contributed by atoms with Gasteiger partial charge in [-0.1, -0.05) is 19.3 Å². The number of anilines is 3. The molecule has 10 heteroatoms. The van der Waals surface area contributed by atoms with Gasteiger partial charge in [-0.05, 0) is 43.0 Å². The summed E-state index contributed by atoms with van der Waals surface area (Å²) < 4.78 is 22.8. The van der Waals surface area contributed by atoms with Crippen molar-refractivity contribution in [2.24, 2.45) is 11.1 Å². The number of nitrogens with one attached hydrogen (secondary N) is 3. The van der Waals surface area contributed by atoms with Crippen molar-refractivity contribution in [3.63, 3.8) is 0 Å². The zero-order valence-corrected chi connectivity index (χ0v) is 16.2. The van der Waals surface area contributed by atoms with Crippen LogP contribution in [0.3, 0.4) is 0 Å². The fraction of sp³-hybridized carbons (Fsp3) is 0.389. The molecule has 2 aromatic heterocycles. The Bertz CT molecular complexity index is 1060. The molecule has 0 bridgehead atoms. The van der Waals surface area contributed by atoms with E-state index in [4.69, 9.17) is 5.14 Å². The lowest BCUT2D eigenvalue weighted by molar-refractivity contribution is 0.373. The highest BCUT2D eigenvalue weighted by Crippen LogP contribution is 2.26. The topological polar surface area (TPSA) is 139 Å². The molecule has 9 nitrogen and oxygen atoms in total. The molecular formula is C18H23N7O2S. The highest BCUT2D eigenvalue weighted by molar-refractivity contribution is 7.89. The standard InChI is InChI=1S/C18H23N7O2S/c19-28(26,27)14-8-6-13(7-9-14)23-18-24-16(15-17(25-18)22-11-21-15)20-10-12-4-2-1-3-5-12/h6-9,11-12H,1-5,10H2,(H2,19,26,27)(H3,20,21,22,23,24,25). The SMILES string of the molecule is NS(=O)(=O)c1ccc(Nc2nc(NCC3CCCCC3)c3[nH]cnc3n2)cc1. The zero-order valence-electron chi connectivity index (χ0n) is 15.4. The van der Waals surface area contributed by atoms with Crippen LogP contribution in [0.4, 0.5) is 17.5 Å². The van der Waals surface area contributed by atoms with Crippen LogP contribution in [-0.2, 0) is 10.0 Å². The Morgan fingerprint density at radius 1 is 1.11 bits per heavy atom. The van der Waals surface area contributed by atoms with E-state index in [1.807, 2.05) is 0 Å². The lowest BCUT2D eigenvalue weighted by Gasteiger charge is -2.22. The number of sulfonamides is 1. The molecule has 148 valence electrons. The second kappa shape index (κ2) is 7.72. The van der Waals surface area contributed by atoms with Crippen LogP contribution in [0.2, 0.25) is 0 Å². The van der Waals surface area contributed by atoms with E-state index in [0.29, 0.717) is 29.0 Å². The van der Waals surface area contributed by atoms with Gasteiger partial charge in [-0.2, -0.15) is 9.97 Å². The summed E-state index contributed by atoms with van der Waals surface area (Å²) in [6.45, 7) is 0.869. The number of primary sulfonamides is 1. The largest absolute Gasteiger partial charge is 0.368 e. The van der Waals surface area contributed by atoms with Gasteiger partial charge in [0.25, 0.3) is 0 Å². The van der Waals surface area contributed by atoms with Crippen LogP contribution < -0.4 is 15.8 Å². The van der Waals surface area contributed by atoms with E-state index in [-0.39, 0.29) is 4.90 Å². The Morgan fingerprint density at radius 3 is 2.57 bits per heavy atom. The first-order chi connectivity index (χ1) is 13.5. The minimum Gasteiger partial charge on any atom is -0.368 e. The van der Waals surface area contributed by atoms with Gasteiger partial charge < -0.3 is 15.6 Å². The molecule has 0 radical (unpaired) electrons. The van der Waals surface area contributed by atoms with E-state index in [2.05, 4.69) is 30.6 Å². The van der Waals surface area contributed by atoms with Crippen LogP contribution in [0.15, 0.2) is 35.5 Å². The molecule has 4 rings (SSSR count). The average molecular weight is 401 g/mol. The fourth-order valence-corrected chi connectivity index (χ4v) is 4.02. The van der Waals surface area contributed by atoms with Crippen molar-refractivity contribution >= 4 is 38.6 Å². The molecule has 1 aromatic carbocycles. The molecule has 1 saturated carbocycles. The van der Waals surface area contributed by atoms with E-state index in [1.165, 1.54) is 44.2 Å². The van der Waals surface area contributed by atoms with E-state index < -0.39 is 10.0 Å². The van der Waals surface area contributed by atoms with Gasteiger partial charge in [0.15, 0.2) is 11.5 Å². The number of aromatic nitrogens is 4. The van der Waals surface area contributed by atoms with Gasteiger partial charge in [0.05, 0.1) is 11.2 Å². The summed E-state index contributed by atoms with van der Waals surface area (Å²) in [5.41, 5.74) is 1.98. The number of aromatic amines is 1. The molecular weight excluding hydrogens is 378 g/mol. The highest BCUT2D eigenvalue weighted by Gasteiger charge is 2.16.